The van der Waals surface area contributed by atoms with Gasteiger partial charge in [0.05, 0.1) is 35.9 Å². The highest BCUT2D eigenvalue weighted by atomic mass is 16.6. The van der Waals surface area contributed by atoms with Crippen LogP contribution in [0.4, 0.5) is 11.4 Å². The van der Waals surface area contributed by atoms with Crippen LogP contribution in [0.15, 0.2) is 41.5 Å². The molecule has 0 amide bonds. The lowest BCUT2D eigenvalue weighted by Crippen LogP contribution is -2.18. The number of nitro benzene ring substituents is 1. The highest BCUT2D eigenvalue weighted by Gasteiger charge is 2.20. The fourth-order valence-corrected chi connectivity index (χ4v) is 2.99. The lowest BCUT2D eigenvalue weighted by molar-refractivity contribution is -0.384. The number of anilines is 1. The zero-order valence-corrected chi connectivity index (χ0v) is 15.8. The van der Waals surface area contributed by atoms with Crippen LogP contribution >= 0.6 is 0 Å². The summed E-state index contributed by atoms with van der Waals surface area (Å²) in [7, 11) is 3.30. The molecule has 0 aliphatic carbocycles. The Morgan fingerprint density at radius 3 is 2.71 bits per heavy atom. The Labute approximate surface area is 160 Å². The van der Waals surface area contributed by atoms with Crippen LogP contribution in [0, 0.1) is 10.1 Å². The summed E-state index contributed by atoms with van der Waals surface area (Å²) >= 11 is 0. The summed E-state index contributed by atoms with van der Waals surface area (Å²) in [6.45, 7) is 2.79. The second kappa shape index (κ2) is 7.95. The van der Waals surface area contributed by atoms with E-state index in [1.54, 1.807) is 31.2 Å². The average molecular weight is 384 g/mol. The van der Waals surface area contributed by atoms with E-state index >= 15 is 0 Å². The zero-order chi connectivity index (χ0) is 20.3. The third kappa shape index (κ3) is 3.73. The maximum Gasteiger partial charge on any atom is 0.293 e. The highest BCUT2D eigenvalue weighted by molar-refractivity contribution is 5.86. The van der Waals surface area contributed by atoms with Gasteiger partial charge in [0.2, 0.25) is 0 Å². The van der Waals surface area contributed by atoms with E-state index in [1.807, 2.05) is 19.1 Å². The fraction of sp³-hybridized carbons (Fsp3) is 0.263. The van der Waals surface area contributed by atoms with Gasteiger partial charge in [-0.3, -0.25) is 14.9 Å². The molecule has 0 unspecified atom stereocenters. The normalized spacial score (nSPS) is 10.7. The number of benzene rings is 2. The van der Waals surface area contributed by atoms with Gasteiger partial charge in [0.15, 0.2) is 11.5 Å². The number of nitrogens with one attached hydrogen (secondary N) is 1. The number of aromatic amines is 1. The Morgan fingerprint density at radius 2 is 2.04 bits per heavy atom. The molecule has 1 N–H and O–H groups in total. The summed E-state index contributed by atoms with van der Waals surface area (Å²) in [6.07, 6.45) is 1.28. The van der Waals surface area contributed by atoms with Crippen LogP contribution in [-0.2, 0) is 6.54 Å². The Kier molecular flexibility index (Phi) is 5.44. The third-order valence-electron chi connectivity index (χ3n) is 4.29. The van der Waals surface area contributed by atoms with Crippen LogP contribution < -0.4 is 19.9 Å². The molecular formula is C19H20N4O5. The largest absolute Gasteiger partial charge is 0.493 e. The maximum absolute atomic E-state index is 11.9. The van der Waals surface area contributed by atoms with Gasteiger partial charge in [-0.25, -0.2) is 4.98 Å². The number of rotatable bonds is 7. The minimum absolute atomic E-state index is 0.161. The summed E-state index contributed by atoms with van der Waals surface area (Å²) < 4.78 is 10.9. The van der Waals surface area contributed by atoms with E-state index in [0.29, 0.717) is 35.9 Å². The predicted molar refractivity (Wildman–Crippen MR) is 105 cm³/mol. The monoisotopic (exact) mass is 384 g/mol. The number of H-pyrrole nitrogens is 1. The van der Waals surface area contributed by atoms with Crippen LogP contribution in [0.25, 0.3) is 10.9 Å². The average Bonchev–Trinajstić information content (AvgIpc) is 2.68. The molecule has 1 heterocycles. The molecule has 0 radical (unpaired) electrons. The second-order valence-corrected chi connectivity index (χ2v) is 6.12. The Hall–Kier alpha value is -3.62. The van der Waals surface area contributed by atoms with Gasteiger partial charge >= 0.3 is 0 Å². The minimum Gasteiger partial charge on any atom is -0.493 e. The number of methoxy groups -OCH3 is 1. The second-order valence-electron chi connectivity index (χ2n) is 6.12. The van der Waals surface area contributed by atoms with Gasteiger partial charge in [0, 0.05) is 19.7 Å². The van der Waals surface area contributed by atoms with E-state index in [0.717, 1.165) is 5.56 Å². The van der Waals surface area contributed by atoms with Crippen molar-refractivity contribution < 1.29 is 14.4 Å². The molecule has 0 atom stereocenters. The predicted octanol–water partition coefficient (Wildman–Crippen LogP) is 2.88. The van der Waals surface area contributed by atoms with Gasteiger partial charge in [-0.1, -0.05) is 6.07 Å². The molecule has 1 aromatic heterocycles. The Balaban J connectivity index is 1.99. The molecule has 0 aliphatic rings. The summed E-state index contributed by atoms with van der Waals surface area (Å²) in [5.41, 5.74) is 1.06. The lowest BCUT2D eigenvalue weighted by atomic mass is 10.1. The standard InChI is InChI=1S/C19H20N4O5/c1-4-28-17-6-5-12(7-18(17)27-3)10-22(2)15-9-14-13(8-16(15)23(25)26)19(24)21-11-20-14/h5-9,11H,4,10H2,1-3H3,(H,20,21,24). The molecule has 0 saturated heterocycles. The third-order valence-corrected chi connectivity index (χ3v) is 4.29. The van der Waals surface area contributed by atoms with Crippen molar-refractivity contribution in [2.75, 3.05) is 25.7 Å². The zero-order valence-electron chi connectivity index (χ0n) is 15.8. The van der Waals surface area contributed by atoms with E-state index in [1.165, 1.54) is 12.4 Å². The molecular weight excluding hydrogens is 364 g/mol. The molecule has 3 rings (SSSR count). The molecule has 0 aliphatic heterocycles. The van der Waals surface area contributed by atoms with Gasteiger partial charge in [-0.2, -0.15) is 0 Å². The number of fused-ring (bicyclic) bond motifs is 1. The number of hydrogen-bond acceptors (Lipinski definition) is 7. The van der Waals surface area contributed by atoms with Crippen molar-refractivity contribution in [3.05, 3.63) is 62.7 Å². The van der Waals surface area contributed by atoms with Crippen LogP contribution in [0.5, 0.6) is 11.5 Å². The molecule has 2 aromatic carbocycles. The first-order chi connectivity index (χ1) is 13.4. The molecule has 9 nitrogen and oxygen atoms in total. The van der Waals surface area contributed by atoms with E-state index < -0.39 is 10.5 Å². The Bertz CT molecular complexity index is 1080. The van der Waals surface area contributed by atoms with Gasteiger partial charge < -0.3 is 19.4 Å². The molecule has 28 heavy (non-hydrogen) atoms. The molecule has 3 aromatic rings. The van der Waals surface area contributed by atoms with Gasteiger partial charge in [0.1, 0.15) is 5.69 Å². The van der Waals surface area contributed by atoms with Crippen LogP contribution in [0.1, 0.15) is 12.5 Å². The molecule has 0 saturated carbocycles. The first kappa shape index (κ1) is 19.2. The number of ether oxygens (including phenoxy) is 2. The Morgan fingerprint density at radius 1 is 1.25 bits per heavy atom. The first-order valence-corrected chi connectivity index (χ1v) is 8.61. The minimum atomic E-state index is -0.503. The first-order valence-electron chi connectivity index (χ1n) is 8.61. The number of hydrogen-bond donors (Lipinski definition) is 1. The van der Waals surface area contributed by atoms with Crippen LogP contribution in [0.2, 0.25) is 0 Å². The van der Waals surface area contributed by atoms with Crippen molar-refractivity contribution >= 4 is 22.3 Å². The van der Waals surface area contributed by atoms with Crippen LogP contribution in [-0.4, -0.2) is 35.7 Å². The van der Waals surface area contributed by atoms with Crippen molar-refractivity contribution in [1.29, 1.82) is 0 Å². The SMILES string of the molecule is CCOc1ccc(CN(C)c2cc3nc[nH]c(=O)c3cc2[N+](=O)[O-])cc1OC. The van der Waals surface area contributed by atoms with Crippen molar-refractivity contribution in [2.45, 2.75) is 13.5 Å². The number of nitro groups is 1. The van der Waals surface area contributed by atoms with Crippen molar-refractivity contribution in [1.82, 2.24) is 9.97 Å². The summed E-state index contributed by atoms with van der Waals surface area (Å²) in [5.74, 6) is 1.23. The molecule has 9 heteroatoms. The molecule has 0 bridgehead atoms. The fourth-order valence-electron chi connectivity index (χ4n) is 2.99. The van der Waals surface area contributed by atoms with Gasteiger partial charge in [-0.05, 0) is 30.7 Å². The maximum atomic E-state index is 11.9. The summed E-state index contributed by atoms with van der Waals surface area (Å²) in [5, 5.41) is 11.7. The number of aromatic nitrogens is 2. The lowest BCUT2D eigenvalue weighted by Gasteiger charge is -2.20. The molecule has 146 valence electrons. The van der Waals surface area contributed by atoms with Gasteiger partial charge in [-0.15, -0.1) is 0 Å². The number of nitrogens with zero attached hydrogens (tertiary/aromatic N) is 3. The smallest absolute Gasteiger partial charge is 0.293 e. The quantitative estimate of drug-likeness (QED) is 0.492. The highest BCUT2D eigenvalue weighted by Crippen LogP contribution is 2.33. The van der Waals surface area contributed by atoms with Crippen molar-refractivity contribution in [3.8, 4) is 11.5 Å². The van der Waals surface area contributed by atoms with Gasteiger partial charge in [0.25, 0.3) is 11.2 Å². The summed E-state index contributed by atoms with van der Waals surface area (Å²) in [4.78, 5) is 31.3. The van der Waals surface area contributed by atoms with E-state index in [9.17, 15) is 14.9 Å². The molecule has 0 fully saturated rings. The van der Waals surface area contributed by atoms with Crippen LogP contribution in [0.3, 0.4) is 0 Å². The van der Waals surface area contributed by atoms with E-state index in [4.69, 9.17) is 9.47 Å². The van der Waals surface area contributed by atoms with E-state index in [-0.39, 0.29) is 11.1 Å². The molecule has 0 spiro atoms. The van der Waals surface area contributed by atoms with Crippen molar-refractivity contribution in [3.63, 3.8) is 0 Å². The van der Waals surface area contributed by atoms with Crippen molar-refractivity contribution in [2.24, 2.45) is 0 Å². The topological polar surface area (TPSA) is 111 Å². The summed E-state index contributed by atoms with van der Waals surface area (Å²) in [6, 6.07) is 8.32. The van der Waals surface area contributed by atoms with E-state index in [2.05, 4.69) is 9.97 Å².